The van der Waals surface area contributed by atoms with E-state index >= 15 is 0 Å². The van der Waals surface area contributed by atoms with Gasteiger partial charge >= 0.3 is 0 Å². The van der Waals surface area contributed by atoms with Gasteiger partial charge in [0, 0.05) is 22.6 Å². The van der Waals surface area contributed by atoms with E-state index in [9.17, 15) is 0 Å². The molecule has 106 valence electrons. The summed E-state index contributed by atoms with van der Waals surface area (Å²) in [7, 11) is 0. The van der Waals surface area contributed by atoms with E-state index in [1.54, 1.807) is 0 Å². The fourth-order valence-corrected chi connectivity index (χ4v) is 2.68. The molecule has 3 heteroatoms. The molecule has 0 radical (unpaired) electrons. The highest BCUT2D eigenvalue weighted by Gasteiger charge is 2.15. The Hall–Kier alpha value is -1.02. The molecule has 2 rings (SSSR count). The number of benzene rings is 2. The van der Waals surface area contributed by atoms with Gasteiger partial charge in [-0.15, -0.1) is 0 Å². The largest absolute Gasteiger partial charge is 0.306 e. The van der Waals surface area contributed by atoms with Crippen LogP contribution >= 0.6 is 23.2 Å². The lowest BCUT2D eigenvalue weighted by Crippen LogP contribution is -2.25. The molecule has 0 spiro atoms. The second-order valence-electron chi connectivity index (χ2n) is 5.25. The Bertz CT molecular complexity index is 552. The highest BCUT2D eigenvalue weighted by Crippen LogP contribution is 2.24. The monoisotopic (exact) mass is 307 g/mol. The van der Waals surface area contributed by atoms with Gasteiger partial charge < -0.3 is 5.32 Å². The van der Waals surface area contributed by atoms with Crippen molar-refractivity contribution in [3.63, 3.8) is 0 Å². The quantitative estimate of drug-likeness (QED) is 0.771. The SMILES string of the molecule is CC(C)C(NCc1cc(Cl)ccc1Cl)c1ccccc1. The fraction of sp³-hybridized carbons (Fsp3) is 0.294. The second-order valence-corrected chi connectivity index (χ2v) is 6.09. The van der Waals surface area contributed by atoms with Crippen molar-refractivity contribution in [2.75, 3.05) is 0 Å². The average molecular weight is 308 g/mol. The first-order chi connectivity index (χ1) is 9.58. The van der Waals surface area contributed by atoms with Gasteiger partial charge in [0.1, 0.15) is 0 Å². The van der Waals surface area contributed by atoms with Crippen LogP contribution in [-0.2, 0) is 6.54 Å². The van der Waals surface area contributed by atoms with E-state index in [2.05, 4.69) is 43.4 Å². The highest BCUT2D eigenvalue weighted by atomic mass is 35.5. The normalized spacial score (nSPS) is 12.7. The van der Waals surface area contributed by atoms with E-state index in [1.165, 1.54) is 5.56 Å². The van der Waals surface area contributed by atoms with Crippen molar-refractivity contribution in [2.45, 2.75) is 26.4 Å². The highest BCUT2D eigenvalue weighted by molar-refractivity contribution is 6.33. The predicted molar refractivity (Wildman–Crippen MR) is 87.3 cm³/mol. The zero-order valence-electron chi connectivity index (χ0n) is 11.7. The molecule has 1 unspecified atom stereocenters. The molecule has 0 aliphatic carbocycles. The van der Waals surface area contributed by atoms with Crippen LogP contribution in [-0.4, -0.2) is 0 Å². The Balaban J connectivity index is 2.12. The Morgan fingerprint density at radius 1 is 1.00 bits per heavy atom. The molecule has 0 saturated heterocycles. The van der Waals surface area contributed by atoms with Crippen molar-refractivity contribution < 1.29 is 0 Å². The standard InChI is InChI=1S/C17H19Cl2N/c1-12(2)17(13-6-4-3-5-7-13)20-11-14-10-15(18)8-9-16(14)19/h3-10,12,17,20H,11H2,1-2H3. The molecule has 0 fully saturated rings. The smallest absolute Gasteiger partial charge is 0.0451 e. The molecule has 1 N–H and O–H groups in total. The predicted octanol–water partition coefficient (Wildman–Crippen LogP) is 5.48. The van der Waals surface area contributed by atoms with Crippen LogP contribution < -0.4 is 5.32 Å². The van der Waals surface area contributed by atoms with Crippen LogP contribution in [0.3, 0.4) is 0 Å². The third-order valence-electron chi connectivity index (χ3n) is 3.35. The summed E-state index contributed by atoms with van der Waals surface area (Å²) in [5.41, 5.74) is 2.32. The third kappa shape index (κ3) is 3.99. The number of halogens is 2. The van der Waals surface area contributed by atoms with Crippen LogP contribution in [0.1, 0.15) is 31.0 Å². The Morgan fingerprint density at radius 3 is 2.35 bits per heavy atom. The molecule has 1 atom stereocenters. The molecule has 0 heterocycles. The average Bonchev–Trinajstić information content (AvgIpc) is 2.43. The van der Waals surface area contributed by atoms with Crippen molar-refractivity contribution in [3.05, 3.63) is 69.7 Å². The first-order valence-electron chi connectivity index (χ1n) is 6.80. The minimum atomic E-state index is 0.297. The van der Waals surface area contributed by atoms with Gasteiger partial charge in [-0.2, -0.15) is 0 Å². The summed E-state index contributed by atoms with van der Waals surface area (Å²) in [5, 5.41) is 5.04. The van der Waals surface area contributed by atoms with Gasteiger partial charge in [0.15, 0.2) is 0 Å². The van der Waals surface area contributed by atoms with Crippen molar-refractivity contribution in [3.8, 4) is 0 Å². The molecular weight excluding hydrogens is 289 g/mol. The van der Waals surface area contributed by atoms with Gasteiger partial charge in [-0.1, -0.05) is 67.4 Å². The van der Waals surface area contributed by atoms with E-state index in [1.807, 2.05) is 24.3 Å². The lowest BCUT2D eigenvalue weighted by atomic mass is 9.96. The summed E-state index contributed by atoms with van der Waals surface area (Å²) in [4.78, 5) is 0. The summed E-state index contributed by atoms with van der Waals surface area (Å²) in [5.74, 6) is 0.496. The van der Waals surface area contributed by atoms with Gasteiger partial charge in [0.2, 0.25) is 0 Å². The molecule has 0 aliphatic rings. The lowest BCUT2D eigenvalue weighted by molar-refractivity contribution is 0.410. The molecule has 20 heavy (non-hydrogen) atoms. The van der Waals surface area contributed by atoms with Gasteiger partial charge in [0.25, 0.3) is 0 Å². The number of hydrogen-bond donors (Lipinski definition) is 1. The maximum Gasteiger partial charge on any atom is 0.0451 e. The molecule has 0 bridgehead atoms. The molecule has 1 nitrogen and oxygen atoms in total. The molecule has 0 saturated carbocycles. The Labute approximate surface area is 130 Å². The fourth-order valence-electron chi connectivity index (χ4n) is 2.30. The van der Waals surface area contributed by atoms with E-state index < -0.39 is 0 Å². The van der Waals surface area contributed by atoms with E-state index in [0.29, 0.717) is 23.5 Å². The van der Waals surface area contributed by atoms with E-state index in [0.717, 1.165) is 10.6 Å². The first-order valence-corrected chi connectivity index (χ1v) is 7.56. The molecule has 0 aromatic heterocycles. The zero-order chi connectivity index (χ0) is 14.5. The Morgan fingerprint density at radius 2 is 1.70 bits per heavy atom. The van der Waals surface area contributed by atoms with Gasteiger partial charge in [-0.05, 0) is 35.2 Å². The maximum absolute atomic E-state index is 6.21. The molecule has 0 aliphatic heterocycles. The minimum absolute atomic E-state index is 0.297. The topological polar surface area (TPSA) is 12.0 Å². The van der Waals surface area contributed by atoms with Crippen LogP contribution in [0.4, 0.5) is 0 Å². The molecule has 2 aromatic carbocycles. The van der Waals surface area contributed by atoms with Crippen LogP contribution in [0, 0.1) is 5.92 Å². The zero-order valence-corrected chi connectivity index (χ0v) is 13.2. The van der Waals surface area contributed by atoms with Gasteiger partial charge in [0.05, 0.1) is 0 Å². The maximum atomic E-state index is 6.21. The van der Waals surface area contributed by atoms with Crippen molar-refractivity contribution in [1.29, 1.82) is 0 Å². The number of nitrogens with one attached hydrogen (secondary N) is 1. The van der Waals surface area contributed by atoms with Gasteiger partial charge in [-0.3, -0.25) is 0 Å². The third-order valence-corrected chi connectivity index (χ3v) is 3.95. The van der Waals surface area contributed by atoms with Crippen LogP contribution in [0.5, 0.6) is 0 Å². The number of hydrogen-bond acceptors (Lipinski definition) is 1. The summed E-state index contributed by atoms with van der Waals surface area (Å²) in [6.45, 7) is 5.13. The number of rotatable bonds is 5. The molecular formula is C17H19Cl2N. The lowest BCUT2D eigenvalue weighted by Gasteiger charge is -2.23. The van der Waals surface area contributed by atoms with Crippen LogP contribution in [0.2, 0.25) is 10.0 Å². The first kappa shape index (κ1) is 15.4. The second kappa shape index (κ2) is 7.12. The van der Waals surface area contributed by atoms with Crippen molar-refractivity contribution in [2.24, 2.45) is 5.92 Å². The van der Waals surface area contributed by atoms with Crippen LogP contribution in [0.15, 0.2) is 48.5 Å². The van der Waals surface area contributed by atoms with Crippen molar-refractivity contribution >= 4 is 23.2 Å². The molecule has 0 amide bonds. The van der Waals surface area contributed by atoms with Crippen molar-refractivity contribution in [1.82, 2.24) is 5.32 Å². The van der Waals surface area contributed by atoms with Crippen LogP contribution in [0.25, 0.3) is 0 Å². The van der Waals surface area contributed by atoms with E-state index in [-0.39, 0.29) is 0 Å². The van der Waals surface area contributed by atoms with E-state index in [4.69, 9.17) is 23.2 Å². The molecule has 2 aromatic rings. The summed E-state index contributed by atoms with van der Waals surface area (Å²) >= 11 is 12.2. The minimum Gasteiger partial charge on any atom is -0.306 e. The summed E-state index contributed by atoms with van der Waals surface area (Å²) < 4.78 is 0. The summed E-state index contributed by atoms with van der Waals surface area (Å²) in [6, 6.07) is 16.3. The summed E-state index contributed by atoms with van der Waals surface area (Å²) in [6.07, 6.45) is 0. The Kier molecular flexibility index (Phi) is 5.47. The van der Waals surface area contributed by atoms with Gasteiger partial charge in [-0.25, -0.2) is 0 Å².